The van der Waals surface area contributed by atoms with Crippen molar-refractivity contribution in [2.24, 2.45) is 0 Å². The molecule has 20 heavy (non-hydrogen) atoms. The third-order valence-corrected chi connectivity index (χ3v) is 2.53. The quantitative estimate of drug-likeness (QED) is 0.674. The Balaban J connectivity index is 2.20. The first-order valence-corrected chi connectivity index (χ1v) is 6.20. The molecule has 0 saturated heterocycles. The van der Waals surface area contributed by atoms with Crippen LogP contribution < -0.4 is 10.6 Å². The van der Waals surface area contributed by atoms with Crippen LogP contribution in [-0.2, 0) is 4.79 Å². The second-order valence-electron chi connectivity index (χ2n) is 4.21. The van der Waals surface area contributed by atoms with Crippen molar-refractivity contribution in [1.82, 2.24) is 5.32 Å². The Hall–Kier alpha value is -2.18. The van der Waals surface area contributed by atoms with E-state index in [4.69, 9.17) is 5.11 Å². The van der Waals surface area contributed by atoms with Gasteiger partial charge in [0.25, 0.3) is 0 Å². The van der Waals surface area contributed by atoms with Gasteiger partial charge in [0, 0.05) is 24.7 Å². The van der Waals surface area contributed by atoms with Gasteiger partial charge >= 0.3 is 12.0 Å². The zero-order chi connectivity index (χ0) is 15.0. The van der Waals surface area contributed by atoms with E-state index in [1.54, 1.807) is 0 Å². The number of hydrogen-bond acceptors (Lipinski definition) is 2. The zero-order valence-corrected chi connectivity index (χ0v) is 10.8. The summed E-state index contributed by atoms with van der Waals surface area (Å²) in [5.41, 5.74) is 0.160. The monoisotopic (exact) mass is 286 g/mol. The first-order valence-electron chi connectivity index (χ1n) is 6.20. The van der Waals surface area contributed by atoms with Gasteiger partial charge in [-0.1, -0.05) is 6.42 Å². The number of nitrogens with one attached hydrogen (secondary N) is 2. The lowest BCUT2D eigenvalue weighted by Gasteiger charge is -2.07. The second-order valence-corrected chi connectivity index (χ2v) is 4.21. The fraction of sp³-hybridized carbons (Fsp3) is 0.385. The number of aliphatic carboxylic acids is 1. The van der Waals surface area contributed by atoms with Gasteiger partial charge in [-0.2, -0.15) is 0 Å². The molecule has 7 heteroatoms. The molecule has 0 aromatic heterocycles. The lowest BCUT2D eigenvalue weighted by molar-refractivity contribution is -0.137. The fourth-order valence-corrected chi connectivity index (χ4v) is 1.53. The van der Waals surface area contributed by atoms with Crippen molar-refractivity contribution in [3.63, 3.8) is 0 Å². The summed E-state index contributed by atoms with van der Waals surface area (Å²) in [7, 11) is 0. The number of anilines is 1. The Labute approximate surface area is 115 Å². The number of carboxylic acids is 1. The zero-order valence-electron chi connectivity index (χ0n) is 10.8. The van der Waals surface area contributed by atoms with E-state index in [0.717, 1.165) is 12.1 Å². The van der Waals surface area contributed by atoms with E-state index in [-0.39, 0.29) is 12.1 Å². The number of benzene rings is 1. The minimum atomic E-state index is -1.03. The fourth-order valence-electron chi connectivity index (χ4n) is 1.53. The Bertz CT molecular complexity index is 481. The van der Waals surface area contributed by atoms with Gasteiger partial charge in [-0.05, 0) is 25.0 Å². The topological polar surface area (TPSA) is 78.4 Å². The minimum Gasteiger partial charge on any atom is -0.481 e. The first-order chi connectivity index (χ1) is 9.49. The maximum atomic E-state index is 12.9. The lowest BCUT2D eigenvalue weighted by atomic mass is 10.2. The number of carbonyl (C=O) groups excluding carboxylic acids is 1. The molecule has 0 bridgehead atoms. The molecule has 110 valence electrons. The average Bonchev–Trinajstić information content (AvgIpc) is 2.38. The van der Waals surface area contributed by atoms with Crippen molar-refractivity contribution in [3.05, 3.63) is 29.8 Å². The molecular weight excluding hydrogens is 270 g/mol. The van der Waals surface area contributed by atoms with E-state index in [0.29, 0.717) is 25.8 Å². The van der Waals surface area contributed by atoms with Gasteiger partial charge in [0.05, 0.1) is 0 Å². The van der Waals surface area contributed by atoms with Crippen LogP contribution in [0.4, 0.5) is 19.3 Å². The highest BCUT2D eigenvalue weighted by atomic mass is 19.2. The molecule has 0 saturated carbocycles. The van der Waals surface area contributed by atoms with Crippen molar-refractivity contribution < 1.29 is 23.5 Å². The van der Waals surface area contributed by atoms with E-state index in [9.17, 15) is 18.4 Å². The highest BCUT2D eigenvalue weighted by Gasteiger charge is 2.05. The summed E-state index contributed by atoms with van der Waals surface area (Å²) < 4.78 is 25.6. The van der Waals surface area contributed by atoms with Crippen molar-refractivity contribution in [3.8, 4) is 0 Å². The molecule has 0 unspecified atom stereocenters. The van der Waals surface area contributed by atoms with Gasteiger partial charge in [-0.15, -0.1) is 0 Å². The first kappa shape index (κ1) is 15.9. The van der Waals surface area contributed by atoms with E-state index in [2.05, 4.69) is 10.6 Å². The van der Waals surface area contributed by atoms with Crippen molar-refractivity contribution >= 4 is 17.7 Å². The average molecular weight is 286 g/mol. The highest BCUT2D eigenvalue weighted by molar-refractivity contribution is 5.89. The molecule has 0 radical (unpaired) electrons. The number of urea groups is 1. The Morgan fingerprint density at radius 1 is 1.10 bits per heavy atom. The predicted molar refractivity (Wildman–Crippen MR) is 69.5 cm³/mol. The van der Waals surface area contributed by atoms with Crippen LogP contribution in [0.25, 0.3) is 0 Å². The van der Waals surface area contributed by atoms with Gasteiger partial charge in [0.2, 0.25) is 0 Å². The molecular formula is C13H16F2N2O3. The molecule has 1 rings (SSSR count). The summed E-state index contributed by atoms with van der Waals surface area (Å²) in [6.45, 7) is 0.384. The summed E-state index contributed by atoms with van der Waals surface area (Å²) in [5.74, 6) is -2.85. The van der Waals surface area contributed by atoms with Gasteiger partial charge < -0.3 is 15.7 Å². The maximum Gasteiger partial charge on any atom is 0.319 e. The maximum absolute atomic E-state index is 12.9. The van der Waals surface area contributed by atoms with E-state index < -0.39 is 23.6 Å². The SMILES string of the molecule is O=C(O)CCCCCNC(=O)Nc1ccc(F)c(F)c1. The summed E-state index contributed by atoms with van der Waals surface area (Å²) >= 11 is 0. The second kappa shape index (κ2) is 8.08. The van der Waals surface area contributed by atoms with Gasteiger partial charge in [-0.3, -0.25) is 4.79 Å². The number of unbranched alkanes of at least 4 members (excludes halogenated alkanes) is 2. The molecule has 1 aromatic rings. The van der Waals surface area contributed by atoms with Crippen molar-refractivity contribution in [2.75, 3.05) is 11.9 Å². The van der Waals surface area contributed by atoms with E-state index in [1.165, 1.54) is 6.07 Å². The van der Waals surface area contributed by atoms with Crippen LogP contribution >= 0.6 is 0 Å². The Kier molecular flexibility index (Phi) is 6.42. The predicted octanol–water partition coefficient (Wildman–Crippen LogP) is 2.73. The third kappa shape index (κ3) is 6.12. The highest BCUT2D eigenvalue weighted by Crippen LogP contribution is 2.12. The molecule has 1 aromatic carbocycles. The van der Waals surface area contributed by atoms with Crippen molar-refractivity contribution in [2.45, 2.75) is 25.7 Å². The number of carbonyl (C=O) groups is 2. The van der Waals surface area contributed by atoms with E-state index in [1.807, 2.05) is 0 Å². The van der Waals surface area contributed by atoms with Crippen LogP contribution in [0, 0.1) is 11.6 Å². The molecule has 0 atom stereocenters. The number of hydrogen-bond donors (Lipinski definition) is 3. The van der Waals surface area contributed by atoms with Crippen LogP contribution in [0.3, 0.4) is 0 Å². The molecule has 0 aliphatic heterocycles. The lowest BCUT2D eigenvalue weighted by Crippen LogP contribution is -2.29. The van der Waals surface area contributed by atoms with Crippen molar-refractivity contribution in [1.29, 1.82) is 0 Å². The Morgan fingerprint density at radius 3 is 2.50 bits per heavy atom. The molecule has 0 aliphatic rings. The van der Waals surface area contributed by atoms with Crippen LogP contribution in [0.5, 0.6) is 0 Å². The molecule has 2 amide bonds. The van der Waals surface area contributed by atoms with E-state index >= 15 is 0 Å². The molecule has 5 nitrogen and oxygen atoms in total. The summed E-state index contributed by atoms with van der Waals surface area (Å²) in [4.78, 5) is 21.7. The molecule has 0 heterocycles. The van der Waals surface area contributed by atoms with Gasteiger partial charge in [-0.25, -0.2) is 13.6 Å². The van der Waals surface area contributed by atoms with Crippen LogP contribution in [0.2, 0.25) is 0 Å². The smallest absolute Gasteiger partial charge is 0.319 e. The molecule has 3 N–H and O–H groups in total. The third-order valence-electron chi connectivity index (χ3n) is 2.53. The molecule has 0 fully saturated rings. The number of amides is 2. The summed E-state index contributed by atoms with van der Waals surface area (Å²) in [5, 5.41) is 13.3. The van der Waals surface area contributed by atoms with Gasteiger partial charge in [0.1, 0.15) is 0 Å². The van der Waals surface area contributed by atoms with Crippen LogP contribution in [0.15, 0.2) is 18.2 Å². The summed E-state index contributed by atoms with van der Waals surface area (Å²) in [6, 6.07) is 2.55. The summed E-state index contributed by atoms with van der Waals surface area (Å²) in [6.07, 6.45) is 2.01. The van der Waals surface area contributed by atoms with Gasteiger partial charge in [0.15, 0.2) is 11.6 Å². The molecule has 0 spiro atoms. The largest absolute Gasteiger partial charge is 0.481 e. The molecule has 0 aliphatic carbocycles. The number of carboxylic acid groups (broad SMARTS) is 1. The normalized spacial score (nSPS) is 10.1. The van der Waals surface area contributed by atoms with Crippen LogP contribution in [-0.4, -0.2) is 23.7 Å². The Morgan fingerprint density at radius 2 is 1.85 bits per heavy atom. The van der Waals surface area contributed by atoms with Crippen LogP contribution in [0.1, 0.15) is 25.7 Å². The minimum absolute atomic E-state index is 0.112. The number of rotatable bonds is 7. The standard InChI is InChI=1S/C13H16F2N2O3/c14-10-6-5-9(8-11(10)15)17-13(20)16-7-3-1-2-4-12(18)19/h5-6,8H,1-4,7H2,(H,18,19)(H2,16,17,20). The number of halogens is 2.